The van der Waals surface area contributed by atoms with Gasteiger partial charge in [-0.15, -0.1) is 10.2 Å². The molecule has 8 heteroatoms. The van der Waals surface area contributed by atoms with Crippen LogP contribution in [-0.4, -0.2) is 21.6 Å². The molecule has 0 saturated heterocycles. The van der Waals surface area contributed by atoms with E-state index < -0.39 is 5.23 Å². The Morgan fingerprint density at radius 2 is 1.95 bits per heavy atom. The zero-order valence-electron chi connectivity index (χ0n) is 9.62. The maximum atomic E-state index is 10.7. The molecule has 2 rings (SSSR count). The normalized spacial score (nSPS) is 12.6. The molecule has 0 aliphatic rings. The Morgan fingerprint density at radius 1 is 1.21 bits per heavy atom. The van der Waals surface area contributed by atoms with Crippen molar-refractivity contribution < 1.29 is 10.4 Å². The number of anilines is 1. The van der Waals surface area contributed by atoms with E-state index in [9.17, 15) is 5.21 Å². The number of rotatable bonds is 4. The summed E-state index contributed by atoms with van der Waals surface area (Å²) in [6, 6.07) is 9.55. The van der Waals surface area contributed by atoms with E-state index in [2.05, 4.69) is 20.7 Å². The Balaban J connectivity index is 1.97. The molecule has 1 heterocycles. The van der Waals surface area contributed by atoms with E-state index in [1.807, 2.05) is 0 Å². The van der Waals surface area contributed by atoms with Gasteiger partial charge < -0.3 is 5.21 Å². The van der Waals surface area contributed by atoms with Gasteiger partial charge in [-0.2, -0.15) is 10.3 Å². The predicted molar refractivity (Wildman–Crippen MR) is 70.5 cm³/mol. The van der Waals surface area contributed by atoms with Gasteiger partial charge in [-0.3, -0.25) is 5.43 Å². The summed E-state index contributed by atoms with van der Waals surface area (Å²) in [5.74, 6) is 0.461. The van der Waals surface area contributed by atoms with E-state index in [0.29, 0.717) is 11.0 Å². The molecule has 2 aromatic rings. The van der Waals surface area contributed by atoms with Gasteiger partial charge in [0.25, 0.3) is 0 Å². The predicted octanol–water partition coefficient (Wildman–Crippen LogP) is 0.979. The highest BCUT2D eigenvalue weighted by Crippen LogP contribution is 2.06. The van der Waals surface area contributed by atoms with Crippen LogP contribution in [-0.2, 0) is 0 Å². The van der Waals surface area contributed by atoms with Crippen LogP contribution in [0, 0.1) is 5.21 Å². The lowest BCUT2D eigenvalue weighted by Crippen LogP contribution is -2.99. The van der Waals surface area contributed by atoms with Gasteiger partial charge in [-0.1, -0.05) is 11.6 Å². The van der Waals surface area contributed by atoms with Gasteiger partial charge in [-0.25, -0.2) is 5.21 Å². The van der Waals surface area contributed by atoms with Crippen molar-refractivity contribution >= 4 is 29.3 Å². The van der Waals surface area contributed by atoms with Crippen molar-refractivity contribution in [3.8, 4) is 0 Å². The second-order valence-corrected chi connectivity index (χ2v) is 3.93. The maximum Gasteiger partial charge on any atom is 0.168 e. The molecule has 0 fully saturated rings. The number of nitrogens with zero attached hydrogens (tertiary/aromatic N) is 3. The molecule has 0 aliphatic heterocycles. The summed E-state index contributed by atoms with van der Waals surface area (Å²) in [6.45, 7) is 0. The molecule has 7 nitrogen and oxygen atoms in total. The molecule has 0 saturated carbocycles. The number of nitrogens with one attached hydrogen (secondary N) is 2. The Labute approximate surface area is 113 Å². The van der Waals surface area contributed by atoms with Gasteiger partial charge in [-0.05, 0) is 29.8 Å². The smallest absolute Gasteiger partial charge is 0.168 e. The minimum atomic E-state index is -0.960. The third-order valence-corrected chi connectivity index (χ3v) is 2.38. The van der Waals surface area contributed by atoms with Crippen LogP contribution in [0.25, 0.3) is 0 Å². The summed E-state index contributed by atoms with van der Waals surface area (Å²) < 4.78 is 0. The highest BCUT2D eigenvalue weighted by molar-refractivity contribution is 6.29. The fourth-order valence-corrected chi connectivity index (χ4v) is 1.36. The SMILES string of the molecule is [O-][NH+](O)c1ccc(C=NNc2ccc(Cl)nn2)cc1. The van der Waals surface area contributed by atoms with Gasteiger partial charge in [0.1, 0.15) is 0 Å². The third-order valence-electron chi connectivity index (χ3n) is 2.18. The van der Waals surface area contributed by atoms with Crippen LogP contribution in [0.4, 0.5) is 11.5 Å². The topological polar surface area (TPSA) is 97.9 Å². The number of hydrazone groups is 1. The van der Waals surface area contributed by atoms with E-state index in [1.54, 1.807) is 30.5 Å². The summed E-state index contributed by atoms with van der Waals surface area (Å²) in [4.78, 5) is 0. The first-order valence-electron chi connectivity index (χ1n) is 5.27. The molecule has 0 aliphatic carbocycles. The summed E-state index contributed by atoms with van der Waals surface area (Å²) >= 11 is 5.59. The zero-order valence-corrected chi connectivity index (χ0v) is 10.4. The lowest BCUT2D eigenvalue weighted by molar-refractivity contribution is -0.991. The van der Waals surface area contributed by atoms with Crippen LogP contribution >= 0.6 is 11.6 Å². The standard InChI is InChI=1S/C11H10ClN5O2/c12-10-5-6-11(16-14-10)15-13-7-8-1-3-9(4-2-8)17(18)19/h1-7,17-18H,(H,15,16). The number of aromatic nitrogens is 2. The Hall–Kier alpha value is -2.06. The summed E-state index contributed by atoms with van der Waals surface area (Å²) in [6.07, 6.45) is 1.54. The van der Waals surface area contributed by atoms with Crippen LogP contribution in [0.15, 0.2) is 41.5 Å². The summed E-state index contributed by atoms with van der Waals surface area (Å²) in [5.41, 5.74) is 3.67. The molecule has 98 valence electrons. The molecule has 1 atom stereocenters. The van der Waals surface area contributed by atoms with Gasteiger partial charge >= 0.3 is 0 Å². The first-order valence-corrected chi connectivity index (χ1v) is 5.64. The van der Waals surface area contributed by atoms with Crippen molar-refractivity contribution in [2.75, 3.05) is 5.43 Å². The molecule has 0 spiro atoms. The Morgan fingerprint density at radius 3 is 2.53 bits per heavy atom. The molecular weight excluding hydrogens is 270 g/mol. The van der Waals surface area contributed by atoms with Crippen molar-refractivity contribution in [3.63, 3.8) is 0 Å². The van der Waals surface area contributed by atoms with Crippen LogP contribution < -0.4 is 10.7 Å². The average Bonchev–Trinajstić information content (AvgIpc) is 2.41. The summed E-state index contributed by atoms with van der Waals surface area (Å²) in [5, 5.41) is 30.1. The number of hydrogen-bond acceptors (Lipinski definition) is 6. The van der Waals surface area contributed by atoms with Crippen LogP contribution in [0.5, 0.6) is 0 Å². The lowest BCUT2D eigenvalue weighted by Gasteiger charge is -2.10. The second kappa shape index (κ2) is 6.21. The molecule has 1 aromatic carbocycles. The van der Waals surface area contributed by atoms with Crippen LogP contribution in [0.1, 0.15) is 5.56 Å². The van der Waals surface area contributed by atoms with E-state index in [-0.39, 0.29) is 5.69 Å². The van der Waals surface area contributed by atoms with E-state index in [4.69, 9.17) is 16.8 Å². The summed E-state index contributed by atoms with van der Waals surface area (Å²) in [7, 11) is 0. The van der Waals surface area contributed by atoms with Gasteiger partial charge in [0.05, 0.1) is 6.21 Å². The Kier molecular flexibility index (Phi) is 4.37. The number of quaternary nitrogens is 1. The maximum absolute atomic E-state index is 10.7. The van der Waals surface area contributed by atoms with E-state index in [0.717, 1.165) is 5.56 Å². The molecule has 0 radical (unpaired) electrons. The van der Waals surface area contributed by atoms with Crippen molar-refractivity contribution in [2.45, 2.75) is 0 Å². The van der Waals surface area contributed by atoms with E-state index in [1.165, 1.54) is 12.1 Å². The molecule has 3 N–H and O–H groups in total. The molecular formula is C11H10ClN5O2. The minimum Gasteiger partial charge on any atom is -0.595 e. The van der Waals surface area contributed by atoms with Gasteiger partial charge in [0.15, 0.2) is 16.7 Å². The molecule has 1 unspecified atom stereocenters. The number of benzene rings is 1. The molecule has 0 amide bonds. The van der Waals surface area contributed by atoms with Crippen molar-refractivity contribution in [3.05, 3.63) is 52.3 Å². The van der Waals surface area contributed by atoms with Gasteiger partial charge in [0.2, 0.25) is 0 Å². The highest BCUT2D eigenvalue weighted by Gasteiger charge is 1.98. The number of halogens is 1. The first kappa shape index (κ1) is 13.4. The number of hydrogen-bond donors (Lipinski definition) is 3. The Bertz CT molecular complexity index is 556. The van der Waals surface area contributed by atoms with Crippen molar-refractivity contribution in [1.82, 2.24) is 10.2 Å². The monoisotopic (exact) mass is 279 g/mol. The fourth-order valence-electron chi connectivity index (χ4n) is 1.26. The quantitative estimate of drug-likeness (QED) is 0.572. The van der Waals surface area contributed by atoms with Gasteiger partial charge in [0, 0.05) is 12.1 Å². The second-order valence-electron chi connectivity index (χ2n) is 3.54. The molecule has 19 heavy (non-hydrogen) atoms. The molecule has 1 aromatic heterocycles. The minimum absolute atomic E-state index is 0.230. The zero-order chi connectivity index (χ0) is 13.7. The van der Waals surface area contributed by atoms with Crippen LogP contribution in [0.3, 0.4) is 0 Å². The first-order chi connectivity index (χ1) is 9.15. The highest BCUT2D eigenvalue weighted by atomic mass is 35.5. The molecule has 0 bridgehead atoms. The fraction of sp³-hybridized carbons (Fsp3) is 0. The lowest BCUT2D eigenvalue weighted by atomic mass is 10.2. The largest absolute Gasteiger partial charge is 0.595 e. The van der Waals surface area contributed by atoms with E-state index >= 15 is 0 Å². The van der Waals surface area contributed by atoms with Crippen LogP contribution in [0.2, 0.25) is 5.15 Å². The van der Waals surface area contributed by atoms with Crippen molar-refractivity contribution in [2.24, 2.45) is 5.10 Å². The third kappa shape index (κ3) is 3.97. The van der Waals surface area contributed by atoms with Crippen molar-refractivity contribution in [1.29, 1.82) is 0 Å². The average molecular weight is 280 g/mol.